The Hall–Kier alpha value is -4.43. The van der Waals surface area contributed by atoms with Crippen LogP contribution in [0.1, 0.15) is 0 Å². The first-order chi connectivity index (χ1) is 16.4. The number of benzene rings is 4. The minimum Gasteiger partial charge on any atom is -0.309 e. The lowest BCUT2D eigenvalue weighted by molar-refractivity contribution is 1.09. The summed E-state index contributed by atoms with van der Waals surface area (Å²) < 4.78 is 2.34. The first-order valence-corrected chi connectivity index (χ1v) is 11.2. The highest BCUT2D eigenvalue weighted by atomic mass is 15.0. The Bertz CT molecular complexity index is 1520. The predicted molar refractivity (Wildman–Crippen MR) is 137 cm³/mol. The number of nitrogens with zero attached hydrogens (tertiary/aromatic N) is 2. The van der Waals surface area contributed by atoms with Gasteiger partial charge in [-0.25, -0.2) is 0 Å². The minimum absolute atomic E-state index is 1.03. The maximum atomic E-state index is 4.62. The fourth-order valence-corrected chi connectivity index (χ4v) is 4.51. The van der Waals surface area contributed by atoms with E-state index in [4.69, 9.17) is 0 Å². The summed E-state index contributed by atoms with van der Waals surface area (Å²) >= 11 is 0. The molecular weight excluding hydrogens is 400 g/mol. The maximum absolute atomic E-state index is 4.62. The molecule has 0 spiro atoms. The second-order valence-corrected chi connectivity index (χ2v) is 8.10. The van der Waals surface area contributed by atoms with Gasteiger partial charge in [-0.05, 0) is 47.0 Å². The van der Waals surface area contributed by atoms with Gasteiger partial charge in [-0.15, -0.1) is 0 Å². The first-order valence-electron chi connectivity index (χ1n) is 11.2. The van der Waals surface area contributed by atoms with Crippen molar-refractivity contribution in [2.24, 2.45) is 0 Å². The lowest BCUT2D eigenvalue weighted by Crippen LogP contribution is -1.99. The van der Waals surface area contributed by atoms with E-state index in [-0.39, 0.29) is 0 Å². The summed E-state index contributed by atoms with van der Waals surface area (Å²) in [5.41, 5.74) is 9.24. The van der Waals surface area contributed by atoms with Crippen molar-refractivity contribution in [3.8, 4) is 39.3 Å². The van der Waals surface area contributed by atoms with Crippen LogP contribution >= 0.6 is 0 Å². The molecule has 2 nitrogen and oxygen atoms in total. The summed E-state index contributed by atoms with van der Waals surface area (Å²) in [4.78, 5) is 4.62. The van der Waals surface area contributed by atoms with Crippen LogP contribution in [0.3, 0.4) is 0 Å². The summed E-state index contributed by atoms with van der Waals surface area (Å²) in [6.45, 7) is 0. The van der Waals surface area contributed by atoms with E-state index < -0.39 is 0 Å². The van der Waals surface area contributed by atoms with Gasteiger partial charge >= 0.3 is 0 Å². The monoisotopic (exact) mass is 422 g/mol. The zero-order valence-electron chi connectivity index (χ0n) is 18.1. The van der Waals surface area contributed by atoms with Gasteiger partial charge in [0.25, 0.3) is 0 Å². The molecule has 0 saturated carbocycles. The molecule has 6 rings (SSSR count). The summed E-state index contributed by atoms with van der Waals surface area (Å²) in [6.07, 6.45) is 1.86. The van der Waals surface area contributed by atoms with Gasteiger partial charge < -0.3 is 4.57 Å². The molecule has 0 saturated heterocycles. The first kappa shape index (κ1) is 19.3. The standard InChI is InChI=1S/C31H22N2/c1-3-9-24(10-4-1)29-20-21-30(33(29)27-13-5-2-6-14-27)25-18-16-23(17-19-25)28-15-7-11-26-12-8-22-32-31(26)28/h1-22H. The molecule has 2 heteroatoms. The molecule has 0 aliphatic heterocycles. The number of hydrogen-bond donors (Lipinski definition) is 0. The van der Waals surface area contributed by atoms with Gasteiger partial charge in [0, 0.05) is 22.8 Å². The zero-order chi connectivity index (χ0) is 22.0. The van der Waals surface area contributed by atoms with E-state index in [0.29, 0.717) is 0 Å². The molecule has 0 aliphatic rings. The van der Waals surface area contributed by atoms with Gasteiger partial charge in [-0.2, -0.15) is 0 Å². The molecule has 6 aromatic rings. The second kappa shape index (κ2) is 8.25. The lowest BCUT2D eigenvalue weighted by Gasteiger charge is -2.15. The van der Waals surface area contributed by atoms with Crippen LogP contribution in [0.15, 0.2) is 134 Å². The number of hydrogen-bond acceptors (Lipinski definition) is 1. The van der Waals surface area contributed by atoms with Crippen molar-refractivity contribution in [2.45, 2.75) is 0 Å². The topological polar surface area (TPSA) is 17.8 Å². The number of para-hydroxylation sites is 2. The Morgan fingerprint density at radius 2 is 1.06 bits per heavy atom. The average molecular weight is 423 g/mol. The van der Waals surface area contributed by atoms with Crippen LogP contribution in [0.5, 0.6) is 0 Å². The molecule has 0 amide bonds. The van der Waals surface area contributed by atoms with Crippen LogP contribution in [0.25, 0.3) is 50.2 Å². The van der Waals surface area contributed by atoms with E-state index >= 15 is 0 Å². The van der Waals surface area contributed by atoms with Crippen molar-refractivity contribution in [2.75, 3.05) is 0 Å². The number of fused-ring (bicyclic) bond motifs is 1. The maximum Gasteiger partial charge on any atom is 0.0780 e. The van der Waals surface area contributed by atoms with Crippen molar-refractivity contribution >= 4 is 10.9 Å². The highest BCUT2D eigenvalue weighted by Crippen LogP contribution is 2.34. The molecule has 4 aromatic carbocycles. The van der Waals surface area contributed by atoms with Crippen LogP contribution < -0.4 is 0 Å². The van der Waals surface area contributed by atoms with Crippen LogP contribution in [0.4, 0.5) is 0 Å². The Morgan fingerprint density at radius 1 is 0.455 bits per heavy atom. The normalized spacial score (nSPS) is 11.0. The van der Waals surface area contributed by atoms with Gasteiger partial charge in [0.2, 0.25) is 0 Å². The molecule has 0 unspecified atom stereocenters. The highest BCUT2D eigenvalue weighted by molar-refractivity contribution is 5.93. The summed E-state index contributed by atoms with van der Waals surface area (Å²) in [5.74, 6) is 0. The lowest BCUT2D eigenvalue weighted by atomic mass is 10.00. The number of aromatic nitrogens is 2. The van der Waals surface area contributed by atoms with Crippen molar-refractivity contribution in [3.63, 3.8) is 0 Å². The minimum atomic E-state index is 1.03. The SMILES string of the molecule is c1ccc(-c2ccc(-c3ccc(-c4cccc5cccnc45)cc3)n2-c2ccccc2)cc1. The Morgan fingerprint density at radius 3 is 1.79 bits per heavy atom. The molecule has 0 bridgehead atoms. The third kappa shape index (κ3) is 3.52. The largest absolute Gasteiger partial charge is 0.309 e. The van der Waals surface area contributed by atoms with Crippen molar-refractivity contribution in [1.82, 2.24) is 9.55 Å². The number of pyridine rings is 1. The van der Waals surface area contributed by atoms with Crippen LogP contribution in [-0.2, 0) is 0 Å². The molecule has 0 radical (unpaired) electrons. The molecule has 0 fully saturated rings. The zero-order valence-corrected chi connectivity index (χ0v) is 18.1. The Balaban J connectivity index is 1.47. The van der Waals surface area contributed by atoms with Gasteiger partial charge in [0.15, 0.2) is 0 Å². The molecule has 33 heavy (non-hydrogen) atoms. The fraction of sp³-hybridized carbons (Fsp3) is 0. The van der Waals surface area contributed by atoms with Gasteiger partial charge in [-0.3, -0.25) is 4.98 Å². The quantitative estimate of drug-likeness (QED) is 0.281. The Labute approximate surface area is 193 Å². The summed E-state index contributed by atoms with van der Waals surface area (Å²) in [5, 5.41) is 1.16. The van der Waals surface area contributed by atoms with E-state index in [2.05, 4.69) is 131 Å². The molecule has 2 aromatic heterocycles. The van der Waals surface area contributed by atoms with E-state index in [9.17, 15) is 0 Å². The molecule has 0 N–H and O–H groups in total. The van der Waals surface area contributed by atoms with E-state index in [1.54, 1.807) is 0 Å². The smallest absolute Gasteiger partial charge is 0.0780 e. The van der Waals surface area contributed by atoms with Crippen LogP contribution in [0.2, 0.25) is 0 Å². The molecule has 0 atom stereocenters. The van der Waals surface area contributed by atoms with Crippen LogP contribution in [-0.4, -0.2) is 9.55 Å². The summed E-state index contributed by atoms with van der Waals surface area (Å²) in [7, 11) is 0. The third-order valence-electron chi connectivity index (χ3n) is 6.09. The second-order valence-electron chi connectivity index (χ2n) is 8.10. The van der Waals surface area contributed by atoms with Gasteiger partial charge in [0.05, 0.1) is 16.9 Å². The van der Waals surface area contributed by atoms with Crippen LogP contribution in [0, 0.1) is 0 Å². The van der Waals surface area contributed by atoms with E-state index in [1.165, 1.54) is 28.1 Å². The van der Waals surface area contributed by atoms with Crippen molar-refractivity contribution < 1.29 is 0 Å². The van der Waals surface area contributed by atoms with E-state index in [1.807, 2.05) is 12.3 Å². The molecular formula is C31H22N2. The molecule has 0 aliphatic carbocycles. The van der Waals surface area contributed by atoms with Crippen molar-refractivity contribution in [3.05, 3.63) is 134 Å². The van der Waals surface area contributed by atoms with Gasteiger partial charge in [-0.1, -0.05) is 97.1 Å². The van der Waals surface area contributed by atoms with Gasteiger partial charge in [0.1, 0.15) is 0 Å². The Kier molecular flexibility index (Phi) is 4.82. The predicted octanol–water partition coefficient (Wildman–Crippen LogP) is 8.03. The highest BCUT2D eigenvalue weighted by Gasteiger charge is 2.14. The fourth-order valence-electron chi connectivity index (χ4n) is 4.51. The average Bonchev–Trinajstić information content (AvgIpc) is 3.35. The van der Waals surface area contributed by atoms with Crippen molar-refractivity contribution in [1.29, 1.82) is 0 Å². The van der Waals surface area contributed by atoms with E-state index in [0.717, 1.165) is 22.2 Å². The number of rotatable bonds is 4. The summed E-state index contributed by atoms with van der Waals surface area (Å²) in [6, 6.07) is 44.8. The third-order valence-corrected chi connectivity index (χ3v) is 6.09. The molecule has 2 heterocycles. The molecule has 156 valence electrons.